The average Bonchev–Trinajstić information content (AvgIpc) is 4.15. The Hall–Kier alpha value is -6.66. The number of fused-ring (bicyclic) bond motifs is 3. The summed E-state index contributed by atoms with van der Waals surface area (Å²) in [6, 6.07) is 14.4. The second kappa shape index (κ2) is 17.6. The number of benzene rings is 3. The number of alkyl halides is 2. The number of alkyl carbamates (subject to hydrolysis) is 2. The number of likely N-dealkylation sites (tertiary alicyclic amines) is 2. The zero-order chi connectivity index (χ0) is 46.6. The van der Waals surface area contributed by atoms with Crippen molar-refractivity contribution in [3.8, 4) is 11.5 Å². The molecule has 0 aliphatic carbocycles. The SMILES string of the molecule is COC(=O)N[C@H](C(=O)N1CCC[C@H]1c1nc2cc([C@H]3CC[C@H](c4ccc5nc([C@@H]6CCCN6C(=O)[C@@H](NC(=O)OC)C(C)C)[nH]c5c4)N3c3ccc4c(c3)OC(F)(F)O4)ccc2[nH]1)C(C)C. The van der Waals surface area contributed by atoms with E-state index < -0.39 is 30.6 Å². The van der Waals surface area contributed by atoms with Crippen molar-refractivity contribution >= 4 is 51.8 Å². The maximum Gasteiger partial charge on any atom is 0.586 e. The molecule has 66 heavy (non-hydrogen) atoms. The molecule has 4 amide bonds. The van der Waals surface area contributed by atoms with Crippen LogP contribution in [0.2, 0.25) is 0 Å². The summed E-state index contributed by atoms with van der Waals surface area (Å²) in [6.45, 7) is 8.55. The summed E-state index contributed by atoms with van der Waals surface area (Å²) in [5, 5.41) is 5.40. The number of carbonyl (C=O) groups is 4. The average molecular weight is 912 g/mol. The third kappa shape index (κ3) is 8.38. The van der Waals surface area contributed by atoms with Crippen LogP contribution in [0.3, 0.4) is 0 Å². The maximum absolute atomic E-state index is 14.3. The quantitative estimate of drug-likeness (QED) is 0.100. The molecule has 9 rings (SSSR count). The lowest BCUT2D eigenvalue weighted by molar-refractivity contribution is -0.286. The summed E-state index contributed by atoms with van der Waals surface area (Å²) >= 11 is 0. The van der Waals surface area contributed by atoms with Crippen LogP contribution in [0, 0.1) is 11.8 Å². The molecule has 6 heterocycles. The summed E-state index contributed by atoms with van der Waals surface area (Å²) in [5.41, 5.74) is 5.63. The van der Waals surface area contributed by atoms with Crippen molar-refractivity contribution in [3.05, 3.63) is 77.4 Å². The van der Waals surface area contributed by atoms with E-state index in [1.54, 1.807) is 21.9 Å². The smallest absolute Gasteiger partial charge is 0.453 e. The van der Waals surface area contributed by atoms with E-state index in [2.05, 4.69) is 31.6 Å². The van der Waals surface area contributed by atoms with Gasteiger partial charge in [-0.25, -0.2) is 19.6 Å². The Morgan fingerprint density at radius 1 is 0.667 bits per heavy atom. The number of nitrogens with one attached hydrogen (secondary N) is 4. The number of hydrogen-bond donors (Lipinski definition) is 4. The molecule has 2 aromatic heterocycles. The lowest BCUT2D eigenvalue weighted by Gasteiger charge is -2.33. The highest BCUT2D eigenvalue weighted by atomic mass is 19.3. The first-order valence-corrected chi connectivity index (χ1v) is 22.6. The van der Waals surface area contributed by atoms with Gasteiger partial charge in [0, 0.05) is 24.8 Å². The van der Waals surface area contributed by atoms with Gasteiger partial charge in [0.1, 0.15) is 23.7 Å². The molecular formula is C47H55F2N9O8. The van der Waals surface area contributed by atoms with E-state index in [1.807, 2.05) is 58.0 Å². The van der Waals surface area contributed by atoms with Crippen molar-refractivity contribution in [1.82, 2.24) is 40.4 Å². The van der Waals surface area contributed by atoms with Crippen LogP contribution < -0.4 is 25.0 Å². The molecule has 5 aromatic rings. The number of amides is 4. The van der Waals surface area contributed by atoms with Crippen LogP contribution >= 0.6 is 0 Å². The zero-order valence-corrected chi connectivity index (χ0v) is 37.7. The lowest BCUT2D eigenvalue weighted by Crippen LogP contribution is -2.51. The van der Waals surface area contributed by atoms with E-state index in [0.29, 0.717) is 43.3 Å². The predicted molar refractivity (Wildman–Crippen MR) is 238 cm³/mol. The van der Waals surface area contributed by atoms with Crippen molar-refractivity contribution in [2.45, 2.75) is 109 Å². The van der Waals surface area contributed by atoms with Crippen molar-refractivity contribution < 1.29 is 46.9 Å². The van der Waals surface area contributed by atoms with Crippen LogP contribution in [0.15, 0.2) is 54.6 Å². The molecule has 17 nitrogen and oxygen atoms in total. The molecule has 3 fully saturated rings. The standard InChI is InChI=1S/C47H55F2N9O8/c1-24(2)39(54-45(61)63-5)43(59)56-19-7-9-35(56)41-50-29-14-11-26(21-31(29)52-41)33-16-17-34(58(33)28-13-18-37-38(23-28)66-47(48,49)65-37)27-12-15-30-32(22-27)53-42(51-30)36-10-8-20-57(36)44(60)40(25(3)4)55-46(62)64-6/h11-15,18,21-25,33-36,39-40H,7-10,16-17,19-20H2,1-6H3,(H,50,52)(H,51,53)(H,54,61)(H,55,62)/t33-,34-,35+,36+,39+,40+/m1/s1. The molecular weight excluding hydrogens is 857 g/mol. The summed E-state index contributed by atoms with van der Waals surface area (Å²) in [4.78, 5) is 74.7. The Bertz CT molecular complexity index is 2520. The summed E-state index contributed by atoms with van der Waals surface area (Å²) < 4.78 is 47.9. The molecule has 0 bridgehead atoms. The largest absolute Gasteiger partial charge is 0.586 e. The highest BCUT2D eigenvalue weighted by Gasteiger charge is 2.45. The van der Waals surface area contributed by atoms with Gasteiger partial charge < -0.3 is 54.2 Å². The minimum Gasteiger partial charge on any atom is -0.453 e. The van der Waals surface area contributed by atoms with Crippen molar-refractivity contribution in [3.63, 3.8) is 0 Å². The fourth-order valence-corrected chi connectivity index (χ4v) is 10.1. The summed E-state index contributed by atoms with van der Waals surface area (Å²) in [5.74, 6) is 0.469. The molecule has 0 spiro atoms. The zero-order valence-electron chi connectivity index (χ0n) is 37.7. The Labute approximate surface area is 379 Å². The molecule has 0 radical (unpaired) electrons. The van der Waals surface area contributed by atoms with E-state index in [1.165, 1.54) is 20.3 Å². The number of hydrogen-bond acceptors (Lipinski definition) is 11. The lowest BCUT2D eigenvalue weighted by atomic mass is 10.0. The third-order valence-corrected chi connectivity index (χ3v) is 13.4. The van der Waals surface area contributed by atoms with Crippen LogP contribution in [0.25, 0.3) is 22.1 Å². The van der Waals surface area contributed by atoms with Crippen molar-refractivity contribution in [2.75, 3.05) is 32.2 Å². The number of ether oxygens (including phenoxy) is 4. The second-order valence-electron chi connectivity index (χ2n) is 18.2. The summed E-state index contributed by atoms with van der Waals surface area (Å²) in [6.07, 6.45) is -0.714. The van der Waals surface area contributed by atoms with Gasteiger partial charge in [-0.2, -0.15) is 0 Å². The number of aromatic amines is 2. The van der Waals surface area contributed by atoms with Gasteiger partial charge in [0.15, 0.2) is 11.5 Å². The first kappa shape index (κ1) is 44.5. The van der Waals surface area contributed by atoms with Crippen LogP contribution in [-0.2, 0) is 19.1 Å². The number of aromatic nitrogens is 4. The number of rotatable bonds is 11. The molecule has 4 aliphatic heterocycles. The summed E-state index contributed by atoms with van der Waals surface area (Å²) in [7, 11) is 2.54. The highest BCUT2D eigenvalue weighted by molar-refractivity contribution is 5.87. The minimum atomic E-state index is -3.78. The van der Waals surface area contributed by atoms with Gasteiger partial charge in [-0.3, -0.25) is 9.59 Å². The van der Waals surface area contributed by atoms with Gasteiger partial charge in [-0.05, 0) is 97.9 Å². The number of imidazole rings is 2. The van der Waals surface area contributed by atoms with Gasteiger partial charge in [0.05, 0.1) is 60.5 Å². The Morgan fingerprint density at radius 3 is 1.77 bits per heavy atom. The number of H-pyrrole nitrogens is 2. The third-order valence-electron chi connectivity index (χ3n) is 13.4. The molecule has 0 unspecified atom stereocenters. The number of nitrogens with zero attached hydrogens (tertiary/aromatic N) is 5. The van der Waals surface area contributed by atoms with E-state index in [0.717, 1.165) is 58.9 Å². The van der Waals surface area contributed by atoms with Gasteiger partial charge in [-0.15, -0.1) is 8.78 Å². The first-order chi connectivity index (χ1) is 31.6. The van der Waals surface area contributed by atoms with Gasteiger partial charge in [0.25, 0.3) is 0 Å². The van der Waals surface area contributed by atoms with Gasteiger partial charge in [0.2, 0.25) is 11.8 Å². The van der Waals surface area contributed by atoms with Crippen LogP contribution in [0.4, 0.5) is 24.1 Å². The first-order valence-electron chi connectivity index (χ1n) is 22.6. The highest BCUT2D eigenvalue weighted by Crippen LogP contribution is 2.51. The number of methoxy groups -OCH3 is 2. The molecule has 4 N–H and O–H groups in total. The van der Waals surface area contributed by atoms with E-state index in [4.69, 9.17) is 28.9 Å². The topological polar surface area (TPSA) is 196 Å². The molecule has 3 saturated heterocycles. The number of carbonyl (C=O) groups excluding carboxylic acids is 4. The molecule has 0 saturated carbocycles. The minimum absolute atomic E-state index is 0.0478. The van der Waals surface area contributed by atoms with Crippen LogP contribution in [0.5, 0.6) is 11.5 Å². The molecule has 6 atom stereocenters. The normalized spacial score (nSPS) is 22.1. The Balaban J connectivity index is 1.02. The Morgan fingerprint density at radius 2 is 1.20 bits per heavy atom. The number of halogens is 2. The van der Waals surface area contributed by atoms with Crippen molar-refractivity contribution in [2.24, 2.45) is 11.8 Å². The van der Waals surface area contributed by atoms with Gasteiger partial charge >= 0.3 is 18.5 Å². The fourth-order valence-electron chi connectivity index (χ4n) is 10.1. The van der Waals surface area contributed by atoms with E-state index in [9.17, 15) is 28.0 Å². The second-order valence-corrected chi connectivity index (χ2v) is 18.2. The predicted octanol–water partition coefficient (Wildman–Crippen LogP) is 7.93. The molecule has 350 valence electrons. The molecule has 3 aromatic carbocycles. The monoisotopic (exact) mass is 911 g/mol. The number of anilines is 1. The Kier molecular flexibility index (Phi) is 11.9. The van der Waals surface area contributed by atoms with Gasteiger partial charge in [-0.1, -0.05) is 39.8 Å². The van der Waals surface area contributed by atoms with Crippen molar-refractivity contribution in [1.29, 1.82) is 0 Å². The van der Waals surface area contributed by atoms with E-state index >= 15 is 0 Å². The van der Waals surface area contributed by atoms with E-state index in [-0.39, 0.29) is 59.3 Å². The fraction of sp³-hybridized carbons (Fsp3) is 0.489. The molecule has 19 heteroatoms. The maximum atomic E-state index is 14.3. The van der Waals surface area contributed by atoms with Crippen LogP contribution in [-0.4, -0.2) is 99.4 Å². The van der Waals surface area contributed by atoms with Crippen LogP contribution in [0.1, 0.15) is 113 Å². The molecule has 4 aliphatic rings.